The van der Waals surface area contributed by atoms with E-state index < -0.39 is 5.97 Å². The van der Waals surface area contributed by atoms with Gasteiger partial charge < -0.3 is 9.84 Å². The summed E-state index contributed by atoms with van der Waals surface area (Å²) in [6.45, 7) is 7.71. The van der Waals surface area contributed by atoms with Crippen LogP contribution in [0.2, 0.25) is 0 Å². The van der Waals surface area contributed by atoms with Crippen LogP contribution >= 0.6 is 0 Å². The Morgan fingerprint density at radius 2 is 1.92 bits per heavy atom. The lowest BCUT2D eigenvalue weighted by atomic mass is 9.78. The van der Waals surface area contributed by atoms with Gasteiger partial charge in [-0.25, -0.2) is 0 Å². The normalized spacial score (nSPS) is 16.7. The maximum absolute atomic E-state index is 10.9. The summed E-state index contributed by atoms with van der Waals surface area (Å²) in [4.78, 5) is 10.9. The molecule has 0 bridgehead atoms. The van der Waals surface area contributed by atoms with Gasteiger partial charge in [0.1, 0.15) is 0 Å². The van der Waals surface area contributed by atoms with Crippen molar-refractivity contribution in [2.45, 2.75) is 40.2 Å². The van der Waals surface area contributed by atoms with Crippen molar-refractivity contribution in [2.75, 3.05) is 7.11 Å². The maximum atomic E-state index is 10.9. The van der Waals surface area contributed by atoms with Crippen molar-refractivity contribution in [1.82, 2.24) is 0 Å². The van der Waals surface area contributed by atoms with Crippen molar-refractivity contribution < 1.29 is 14.6 Å². The quantitative estimate of drug-likeness (QED) is 0.735. The molecule has 0 amide bonds. The first-order valence-corrected chi connectivity index (χ1v) is 4.54. The van der Waals surface area contributed by atoms with Crippen molar-refractivity contribution >= 4 is 5.97 Å². The van der Waals surface area contributed by atoms with Crippen LogP contribution in [0.5, 0.6) is 0 Å². The van der Waals surface area contributed by atoms with Crippen molar-refractivity contribution in [3.05, 3.63) is 0 Å². The Kier molecular flexibility index (Phi) is 4.40. The highest BCUT2D eigenvalue weighted by molar-refractivity contribution is 5.70. The summed E-state index contributed by atoms with van der Waals surface area (Å²) in [6, 6.07) is 0. The Labute approximate surface area is 80.1 Å². The lowest BCUT2D eigenvalue weighted by molar-refractivity contribution is -0.147. The SMILES string of the molecule is COC(C)CC(C(=O)O)C(C)(C)C. The molecule has 0 saturated carbocycles. The zero-order valence-electron chi connectivity index (χ0n) is 9.13. The monoisotopic (exact) mass is 188 g/mol. The van der Waals surface area contributed by atoms with Gasteiger partial charge in [0, 0.05) is 7.11 Å². The number of carbonyl (C=O) groups is 1. The molecule has 0 aliphatic rings. The second kappa shape index (κ2) is 4.61. The summed E-state index contributed by atoms with van der Waals surface area (Å²) in [6.07, 6.45) is 0.565. The van der Waals surface area contributed by atoms with Gasteiger partial charge in [0.2, 0.25) is 0 Å². The van der Waals surface area contributed by atoms with Gasteiger partial charge >= 0.3 is 5.97 Å². The molecule has 0 radical (unpaired) electrons. The summed E-state index contributed by atoms with van der Waals surface area (Å²) in [7, 11) is 1.60. The smallest absolute Gasteiger partial charge is 0.307 e. The molecule has 0 saturated heterocycles. The Morgan fingerprint density at radius 1 is 1.46 bits per heavy atom. The maximum Gasteiger partial charge on any atom is 0.307 e. The van der Waals surface area contributed by atoms with Crippen molar-refractivity contribution in [3.8, 4) is 0 Å². The van der Waals surface area contributed by atoms with Gasteiger partial charge in [0.25, 0.3) is 0 Å². The fraction of sp³-hybridized carbons (Fsp3) is 0.900. The number of hydrogen-bond acceptors (Lipinski definition) is 2. The first-order valence-electron chi connectivity index (χ1n) is 4.54. The van der Waals surface area contributed by atoms with Crippen LogP contribution in [0.3, 0.4) is 0 Å². The van der Waals surface area contributed by atoms with E-state index in [1.807, 2.05) is 27.7 Å². The Balaban J connectivity index is 4.37. The highest BCUT2D eigenvalue weighted by Gasteiger charge is 2.32. The average molecular weight is 188 g/mol. The van der Waals surface area contributed by atoms with Crippen molar-refractivity contribution in [2.24, 2.45) is 11.3 Å². The predicted octanol–water partition coefficient (Wildman–Crippen LogP) is 2.16. The molecule has 0 spiro atoms. The number of carboxylic acid groups (broad SMARTS) is 1. The molecule has 0 aromatic heterocycles. The topological polar surface area (TPSA) is 46.5 Å². The minimum absolute atomic E-state index is 0.000301. The molecule has 0 aromatic rings. The Morgan fingerprint density at radius 3 is 2.15 bits per heavy atom. The fourth-order valence-electron chi connectivity index (χ4n) is 1.25. The molecule has 3 nitrogen and oxygen atoms in total. The molecule has 0 heterocycles. The second-order valence-electron chi connectivity index (χ2n) is 4.54. The first kappa shape index (κ1) is 12.4. The van der Waals surface area contributed by atoms with Crippen molar-refractivity contribution in [3.63, 3.8) is 0 Å². The molecule has 0 rings (SSSR count). The predicted molar refractivity (Wildman–Crippen MR) is 51.7 cm³/mol. The summed E-state index contributed by atoms with van der Waals surface area (Å²) in [5, 5.41) is 9.00. The summed E-state index contributed by atoms with van der Waals surface area (Å²) < 4.78 is 5.06. The fourth-order valence-corrected chi connectivity index (χ4v) is 1.25. The molecular weight excluding hydrogens is 168 g/mol. The molecule has 2 unspecified atom stereocenters. The first-order chi connectivity index (χ1) is 5.79. The van der Waals surface area contributed by atoms with Gasteiger partial charge in [-0.05, 0) is 18.8 Å². The molecule has 13 heavy (non-hydrogen) atoms. The molecule has 0 fully saturated rings. The van der Waals surface area contributed by atoms with E-state index in [2.05, 4.69) is 0 Å². The molecule has 78 valence electrons. The highest BCUT2D eigenvalue weighted by atomic mass is 16.5. The van der Waals surface area contributed by atoms with E-state index in [-0.39, 0.29) is 17.4 Å². The third-order valence-corrected chi connectivity index (χ3v) is 2.31. The van der Waals surface area contributed by atoms with Gasteiger partial charge in [-0.1, -0.05) is 20.8 Å². The van der Waals surface area contributed by atoms with Crippen LogP contribution in [0.1, 0.15) is 34.1 Å². The summed E-state index contributed by atoms with van der Waals surface area (Å²) in [5.74, 6) is -1.08. The lowest BCUT2D eigenvalue weighted by Gasteiger charge is -2.28. The molecule has 0 aromatic carbocycles. The number of rotatable bonds is 4. The third-order valence-electron chi connectivity index (χ3n) is 2.31. The number of ether oxygens (including phenoxy) is 1. The van der Waals surface area contributed by atoms with Crippen LogP contribution in [0.4, 0.5) is 0 Å². The van der Waals surface area contributed by atoms with Crippen LogP contribution in [-0.2, 0) is 9.53 Å². The second-order valence-corrected chi connectivity index (χ2v) is 4.54. The lowest BCUT2D eigenvalue weighted by Crippen LogP contribution is -2.31. The zero-order valence-corrected chi connectivity index (χ0v) is 9.13. The Hall–Kier alpha value is -0.570. The minimum atomic E-state index is -0.739. The standard InChI is InChI=1S/C10H20O3/c1-7(13-5)6-8(9(11)12)10(2,3)4/h7-8H,6H2,1-5H3,(H,11,12). The van der Waals surface area contributed by atoms with E-state index in [4.69, 9.17) is 9.84 Å². The molecule has 2 atom stereocenters. The molecular formula is C10H20O3. The van der Waals surface area contributed by atoms with E-state index in [0.29, 0.717) is 6.42 Å². The van der Waals surface area contributed by atoms with E-state index in [1.165, 1.54) is 0 Å². The van der Waals surface area contributed by atoms with Gasteiger partial charge in [0.15, 0.2) is 0 Å². The Bertz CT molecular complexity index is 169. The largest absolute Gasteiger partial charge is 0.481 e. The van der Waals surface area contributed by atoms with E-state index in [1.54, 1.807) is 7.11 Å². The average Bonchev–Trinajstić information content (AvgIpc) is 1.96. The molecule has 0 aliphatic heterocycles. The van der Waals surface area contributed by atoms with Gasteiger partial charge in [-0.15, -0.1) is 0 Å². The highest BCUT2D eigenvalue weighted by Crippen LogP contribution is 2.30. The molecule has 1 N–H and O–H groups in total. The van der Waals surface area contributed by atoms with Crippen LogP contribution in [-0.4, -0.2) is 24.3 Å². The van der Waals surface area contributed by atoms with Crippen molar-refractivity contribution in [1.29, 1.82) is 0 Å². The van der Waals surface area contributed by atoms with Crippen LogP contribution in [0.25, 0.3) is 0 Å². The minimum Gasteiger partial charge on any atom is -0.481 e. The van der Waals surface area contributed by atoms with Crippen LogP contribution in [0, 0.1) is 11.3 Å². The zero-order chi connectivity index (χ0) is 10.6. The number of hydrogen-bond donors (Lipinski definition) is 1. The van der Waals surface area contributed by atoms with E-state index in [0.717, 1.165) is 0 Å². The van der Waals surface area contributed by atoms with Gasteiger partial charge in [-0.2, -0.15) is 0 Å². The molecule has 3 heteroatoms. The number of carboxylic acids is 1. The molecule has 0 aliphatic carbocycles. The van der Waals surface area contributed by atoms with Gasteiger partial charge in [0.05, 0.1) is 12.0 Å². The van der Waals surface area contributed by atoms with Gasteiger partial charge in [-0.3, -0.25) is 4.79 Å². The van der Waals surface area contributed by atoms with E-state index >= 15 is 0 Å². The van der Waals surface area contributed by atoms with Crippen LogP contribution in [0.15, 0.2) is 0 Å². The summed E-state index contributed by atoms with van der Waals surface area (Å²) >= 11 is 0. The number of aliphatic carboxylic acids is 1. The number of methoxy groups -OCH3 is 1. The third kappa shape index (κ3) is 4.27. The van der Waals surface area contributed by atoms with Crippen LogP contribution < -0.4 is 0 Å². The van der Waals surface area contributed by atoms with E-state index in [9.17, 15) is 4.79 Å². The summed E-state index contributed by atoms with van der Waals surface area (Å²) in [5.41, 5.74) is -0.210.